The van der Waals surface area contributed by atoms with Crippen LogP contribution in [0, 0.1) is 18.4 Å². The number of hydrogen-bond acceptors (Lipinski definition) is 7. The molecule has 2 aromatic rings. The lowest BCUT2D eigenvalue weighted by atomic mass is 10.3. The minimum absolute atomic E-state index is 0.00517. The summed E-state index contributed by atoms with van der Waals surface area (Å²) in [6.45, 7) is 1.81. The molecule has 2 rings (SSSR count). The standard InChI is InChI=1S/C14H14N6O2S2/c1-10-7-16-13(17-8-10)20-24(21,22)12-5-3-11(4-6-12)19-14(23-2)18-9-15/h3-8H,1-2H3,(H,18,19)(H,16,17,20). The van der Waals surface area contributed by atoms with Crippen LogP contribution in [0.4, 0.5) is 11.6 Å². The van der Waals surface area contributed by atoms with Crippen LogP contribution in [0.2, 0.25) is 0 Å². The molecule has 1 aromatic heterocycles. The number of rotatable bonds is 4. The Bertz CT molecular complexity index is 871. The van der Waals surface area contributed by atoms with Crippen molar-refractivity contribution in [1.82, 2.24) is 15.3 Å². The van der Waals surface area contributed by atoms with Gasteiger partial charge in [0.05, 0.1) is 10.6 Å². The fourth-order valence-electron chi connectivity index (χ4n) is 1.61. The molecule has 0 aliphatic heterocycles. The van der Waals surface area contributed by atoms with Gasteiger partial charge in [-0.05, 0) is 43.0 Å². The van der Waals surface area contributed by atoms with E-state index in [-0.39, 0.29) is 10.8 Å². The number of nitriles is 1. The third kappa shape index (κ3) is 4.68. The van der Waals surface area contributed by atoms with Crippen LogP contribution in [0.25, 0.3) is 0 Å². The molecule has 0 saturated heterocycles. The predicted octanol–water partition coefficient (Wildman–Crippen LogP) is 2.01. The number of nitrogens with zero attached hydrogens (tertiary/aromatic N) is 4. The fraction of sp³-hybridized carbons (Fsp3) is 0.143. The molecular weight excluding hydrogens is 348 g/mol. The van der Waals surface area contributed by atoms with Gasteiger partial charge in [-0.25, -0.2) is 28.1 Å². The second kappa shape index (κ2) is 7.76. The molecule has 124 valence electrons. The van der Waals surface area contributed by atoms with Crippen molar-refractivity contribution in [1.29, 1.82) is 5.26 Å². The second-order valence-corrected chi connectivity index (χ2v) is 7.02. The minimum atomic E-state index is -3.78. The van der Waals surface area contributed by atoms with Crippen LogP contribution < -0.4 is 10.0 Å². The zero-order valence-electron chi connectivity index (χ0n) is 12.9. The number of benzene rings is 1. The summed E-state index contributed by atoms with van der Waals surface area (Å²) in [5.41, 5.74) is 1.35. The number of nitrogens with one attached hydrogen (secondary N) is 2. The van der Waals surface area contributed by atoms with Gasteiger partial charge < -0.3 is 0 Å². The molecule has 0 unspecified atom stereocenters. The van der Waals surface area contributed by atoms with E-state index >= 15 is 0 Å². The summed E-state index contributed by atoms with van der Waals surface area (Å²) in [6, 6.07) is 5.92. The van der Waals surface area contributed by atoms with Crippen molar-refractivity contribution in [3.05, 3.63) is 42.2 Å². The molecule has 1 aromatic carbocycles. The Labute approximate surface area is 144 Å². The Hall–Kier alpha value is -2.64. The Kier molecular flexibility index (Phi) is 5.73. The van der Waals surface area contributed by atoms with Gasteiger partial charge in [0.1, 0.15) is 0 Å². The smallest absolute Gasteiger partial charge is 0.264 e. The number of amidine groups is 1. The summed E-state index contributed by atoms with van der Waals surface area (Å²) in [5.74, 6) is 0.00517. The number of aromatic nitrogens is 2. The first-order chi connectivity index (χ1) is 11.4. The third-order valence-corrected chi connectivity index (χ3v) is 4.66. The number of sulfonamides is 1. The van der Waals surface area contributed by atoms with Gasteiger partial charge in [0.25, 0.3) is 10.0 Å². The van der Waals surface area contributed by atoms with E-state index < -0.39 is 10.0 Å². The Morgan fingerprint density at radius 2 is 1.88 bits per heavy atom. The maximum absolute atomic E-state index is 12.3. The molecule has 0 bridgehead atoms. The zero-order valence-corrected chi connectivity index (χ0v) is 14.5. The van der Waals surface area contributed by atoms with Crippen LogP contribution in [0.15, 0.2) is 46.5 Å². The average Bonchev–Trinajstić information content (AvgIpc) is 2.57. The minimum Gasteiger partial charge on any atom is -0.271 e. The van der Waals surface area contributed by atoms with Crippen molar-refractivity contribution < 1.29 is 8.42 Å². The molecule has 0 atom stereocenters. The Morgan fingerprint density at radius 1 is 1.25 bits per heavy atom. The normalized spacial score (nSPS) is 11.6. The van der Waals surface area contributed by atoms with Gasteiger partial charge in [-0.2, -0.15) is 5.26 Å². The maximum atomic E-state index is 12.3. The van der Waals surface area contributed by atoms with E-state index in [1.807, 2.05) is 6.92 Å². The van der Waals surface area contributed by atoms with E-state index in [0.29, 0.717) is 10.9 Å². The first kappa shape index (κ1) is 17.7. The van der Waals surface area contributed by atoms with Crippen LogP contribution in [-0.4, -0.2) is 29.8 Å². The van der Waals surface area contributed by atoms with Gasteiger partial charge in [-0.1, -0.05) is 11.8 Å². The highest BCUT2D eigenvalue weighted by atomic mass is 32.2. The van der Waals surface area contributed by atoms with Crippen LogP contribution in [-0.2, 0) is 10.0 Å². The summed E-state index contributed by atoms with van der Waals surface area (Å²) in [6.07, 6.45) is 6.60. The van der Waals surface area contributed by atoms with Crippen LogP contribution in [0.1, 0.15) is 5.56 Å². The van der Waals surface area contributed by atoms with Crippen molar-refractivity contribution in [2.45, 2.75) is 11.8 Å². The van der Waals surface area contributed by atoms with Crippen LogP contribution >= 0.6 is 11.8 Å². The summed E-state index contributed by atoms with van der Waals surface area (Å²) < 4.78 is 26.9. The highest BCUT2D eigenvalue weighted by molar-refractivity contribution is 8.13. The van der Waals surface area contributed by atoms with Gasteiger partial charge in [0.2, 0.25) is 5.95 Å². The summed E-state index contributed by atoms with van der Waals surface area (Å²) in [4.78, 5) is 12.1. The molecule has 0 aliphatic rings. The van der Waals surface area contributed by atoms with Gasteiger partial charge in [-0.15, -0.1) is 0 Å². The third-order valence-electron chi connectivity index (χ3n) is 2.74. The van der Waals surface area contributed by atoms with E-state index in [4.69, 9.17) is 5.26 Å². The van der Waals surface area contributed by atoms with Gasteiger partial charge >= 0.3 is 0 Å². The SMILES string of the molecule is CSC(=Nc1ccc(S(=O)(=O)Nc2ncc(C)cn2)cc1)NC#N. The molecule has 1 heterocycles. The van der Waals surface area contributed by atoms with Gasteiger partial charge in [0.15, 0.2) is 11.4 Å². The number of hydrogen-bond donors (Lipinski definition) is 2. The number of aliphatic imine (C=N–C) groups is 1. The van der Waals surface area contributed by atoms with Gasteiger partial charge in [-0.3, -0.25) is 5.32 Å². The van der Waals surface area contributed by atoms with Crippen LogP contribution in [0.5, 0.6) is 0 Å². The second-order valence-electron chi connectivity index (χ2n) is 4.54. The summed E-state index contributed by atoms with van der Waals surface area (Å²) in [7, 11) is -3.78. The first-order valence-corrected chi connectivity index (χ1v) is 9.35. The lowest BCUT2D eigenvalue weighted by molar-refractivity contribution is 0.601. The highest BCUT2D eigenvalue weighted by Gasteiger charge is 2.15. The first-order valence-electron chi connectivity index (χ1n) is 6.64. The molecule has 24 heavy (non-hydrogen) atoms. The molecule has 0 radical (unpaired) electrons. The average molecular weight is 362 g/mol. The molecular formula is C14H14N6O2S2. The van der Waals surface area contributed by atoms with Crippen LogP contribution in [0.3, 0.4) is 0 Å². The monoisotopic (exact) mass is 362 g/mol. The van der Waals surface area contributed by atoms with E-state index in [9.17, 15) is 8.42 Å². The molecule has 0 saturated carbocycles. The maximum Gasteiger partial charge on any atom is 0.264 e. The molecule has 0 spiro atoms. The van der Waals surface area contributed by atoms with Crippen molar-refractivity contribution >= 4 is 38.6 Å². The van der Waals surface area contributed by atoms with E-state index in [1.165, 1.54) is 36.3 Å². The molecule has 0 aliphatic carbocycles. The largest absolute Gasteiger partial charge is 0.271 e. The summed E-state index contributed by atoms with van der Waals surface area (Å²) >= 11 is 1.27. The van der Waals surface area contributed by atoms with Crippen molar-refractivity contribution in [2.24, 2.45) is 4.99 Å². The van der Waals surface area contributed by atoms with Crippen molar-refractivity contribution in [3.8, 4) is 6.19 Å². The topological polar surface area (TPSA) is 120 Å². The Morgan fingerprint density at radius 3 is 2.42 bits per heavy atom. The number of thioether (sulfide) groups is 1. The van der Waals surface area contributed by atoms with Gasteiger partial charge in [0, 0.05) is 12.4 Å². The molecule has 2 N–H and O–H groups in total. The summed E-state index contributed by atoms with van der Waals surface area (Å²) in [5, 5.41) is 11.4. The fourth-order valence-corrected chi connectivity index (χ4v) is 2.92. The highest BCUT2D eigenvalue weighted by Crippen LogP contribution is 2.19. The molecule has 0 amide bonds. The molecule has 10 heteroatoms. The molecule has 0 fully saturated rings. The Balaban J connectivity index is 2.20. The predicted molar refractivity (Wildman–Crippen MR) is 93.4 cm³/mol. The van der Waals surface area contributed by atoms with E-state index in [0.717, 1.165) is 5.56 Å². The number of aryl methyl sites for hydroxylation is 1. The quantitative estimate of drug-likeness (QED) is 0.369. The lowest BCUT2D eigenvalue weighted by Gasteiger charge is -2.07. The zero-order chi connectivity index (χ0) is 17.6. The molecule has 8 nitrogen and oxygen atoms in total. The number of anilines is 1. The van der Waals surface area contributed by atoms with Crippen molar-refractivity contribution in [3.63, 3.8) is 0 Å². The van der Waals surface area contributed by atoms with Crippen molar-refractivity contribution in [2.75, 3.05) is 11.0 Å². The lowest BCUT2D eigenvalue weighted by Crippen LogP contribution is -2.15. The van der Waals surface area contributed by atoms with E-state index in [2.05, 4.69) is 25.0 Å². The van der Waals surface area contributed by atoms with E-state index in [1.54, 1.807) is 24.6 Å².